The number of nitrogens with one attached hydrogen (secondary N) is 1. The van der Waals surface area contributed by atoms with Gasteiger partial charge in [0.05, 0.1) is 5.02 Å². The fourth-order valence-corrected chi connectivity index (χ4v) is 4.07. The maximum atomic E-state index is 12.2. The highest BCUT2D eigenvalue weighted by Gasteiger charge is 2.20. The van der Waals surface area contributed by atoms with Crippen LogP contribution in [0.25, 0.3) is 0 Å². The van der Waals surface area contributed by atoms with Gasteiger partial charge in [0.15, 0.2) is 0 Å². The Labute approximate surface area is 126 Å². The van der Waals surface area contributed by atoms with E-state index in [1.165, 1.54) is 29.8 Å². The van der Waals surface area contributed by atoms with E-state index in [2.05, 4.69) is 33.8 Å². The van der Waals surface area contributed by atoms with E-state index in [9.17, 15) is 8.42 Å². The predicted octanol–water partition coefficient (Wildman–Crippen LogP) is 2.59. The molecule has 0 radical (unpaired) electrons. The van der Waals surface area contributed by atoms with Crippen molar-refractivity contribution in [2.24, 2.45) is 5.92 Å². The molecule has 0 saturated heterocycles. The summed E-state index contributed by atoms with van der Waals surface area (Å²) >= 11 is 7.07. The minimum atomic E-state index is -3.80. The number of pyridine rings is 1. The summed E-state index contributed by atoms with van der Waals surface area (Å²) in [5.74, 6) is 0.431. The Morgan fingerprint density at radius 3 is 2.80 bits per heavy atom. The van der Waals surface area contributed by atoms with Crippen LogP contribution in [-0.2, 0) is 16.4 Å². The summed E-state index contributed by atoms with van der Waals surface area (Å²) < 4.78 is 26.7. The van der Waals surface area contributed by atoms with Gasteiger partial charge in [-0.15, -0.1) is 10.2 Å². The molecule has 2 aromatic heterocycles. The molecule has 9 heteroatoms. The first-order valence-electron chi connectivity index (χ1n) is 5.83. The van der Waals surface area contributed by atoms with Crippen molar-refractivity contribution in [3.63, 3.8) is 0 Å². The highest BCUT2D eigenvalue weighted by atomic mass is 35.5. The first-order chi connectivity index (χ1) is 9.38. The Balaban J connectivity index is 2.21. The number of sulfonamides is 1. The second kappa shape index (κ2) is 6.02. The van der Waals surface area contributed by atoms with Gasteiger partial charge < -0.3 is 0 Å². The molecule has 0 atom stereocenters. The number of nitrogens with zero attached hydrogens (tertiary/aromatic N) is 3. The highest BCUT2D eigenvalue weighted by molar-refractivity contribution is 7.93. The average molecular weight is 333 g/mol. The fourth-order valence-electron chi connectivity index (χ4n) is 1.46. The largest absolute Gasteiger partial charge is 0.266 e. The Morgan fingerprint density at radius 2 is 2.15 bits per heavy atom. The molecule has 0 aromatic carbocycles. The van der Waals surface area contributed by atoms with Crippen LogP contribution in [0.2, 0.25) is 5.02 Å². The average Bonchev–Trinajstić information content (AvgIpc) is 2.75. The summed E-state index contributed by atoms with van der Waals surface area (Å²) in [5.41, 5.74) is 0. The summed E-state index contributed by atoms with van der Waals surface area (Å²) in [6.07, 6.45) is 3.38. The topological polar surface area (TPSA) is 84.8 Å². The van der Waals surface area contributed by atoms with Crippen molar-refractivity contribution in [3.05, 3.63) is 28.5 Å². The lowest BCUT2D eigenvalue weighted by Crippen LogP contribution is -2.13. The van der Waals surface area contributed by atoms with E-state index in [4.69, 9.17) is 11.6 Å². The summed E-state index contributed by atoms with van der Waals surface area (Å²) in [5, 5.41) is 8.89. The zero-order chi connectivity index (χ0) is 14.8. The van der Waals surface area contributed by atoms with E-state index in [1.807, 2.05) is 0 Å². The monoisotopic (exact) mass is 332 g/mol. The van der Waals surface area contributed by atoms with E-state index in [-0.39, 0.29) is 15.0 Å². The lowest BCUT2D eigenvalue weighted by Gasteiger charge is -2.05. The predicted molar refractivity (Wildman–Crippen MR) is 78.5 cm³/mol. The van der Waals surface area contributed by atoms with Crippen molar-refractivity contribution in [1.29, 1.82) is 0 Å². The molecular weight excluding hydrogens is 320 g/mol. The molecule has 0 fully saturated rings. The molecule has 0 unspecified atom stereocenters. The van der Waals surface area contributed by atoms with Crippen molar-refractivity contribution < 1.29 is 8.42 Å². The molecular formula is C11H13ClN4O2S2. The van der Waals surface area contributed by atoms with E-state index in [0.717, 1.165) is 11.4 Å². The third-order valence-electron chi connectivity index (χ3n) is 2.30. The molecule has 0 bridgehead atoms. The number of halogens is 1. The number of rotatable bonds is 5. The number of anilines is 1. The van der Waals surface area contributed by atoms with E-state index >= 15 is 0 Å². The van der Waals surface area contributed by atoms with Crippen LogP contribution in [0.15, 0.2) is 23.4 Å². The van der Waals surface area contributed by atoms with Crippen LogP contribution >= 0.6 is 22.9 Å². The zero-order valence-electron chi connectivity index (χ0n) is 10.9. The molecule has 2 aromatic rings. The highest BCUT2D eigenvalue weighted by Crippen LogP contribution is 2.24. The molecule has 2 heterocycles. The molecule has 0 amide bonds. The molecule has 6 nitrogen and oxygen atoms in total. The van der Waals surface area contributed by atoms with Gasteiger partial charge >= 0.3 is 0 Å². The molecule has 0 aliphatic rings. The van der Waals surface area contributed by atoms with Gasteiger partial charge in [0.2, 0.25) is 5.13 Å². The minimum absolute atomic E-state index is 0.0812. The maximum Gasteiger partial charge on any atom is 0.266 e. The lowest BCUT2D eigenvalue weighted by atomic mass is 10.1. The molecule has 1 N–H and O–H groups in total. The van der Waals surface area contributed by atoms with Crippen molar-refractivity contribution in [1.82, 2.24) is 15.2 Å². The number of aromatic nitrogens is 3. The Morgan fingerprint density at radius 1 is 1.40 bits per heavy atom. The Hall–Kier alpha value is -1.25. The number of hydrogen-bond donors (Lipinski definition) is 1. The summed E-state index contributed by atoms with van der Waals surface area (Å²) in [6, 6.07) is 1.42. The van der Waals surface area contributed by atoms with Gasteiger partial charge in [-0.05, 0) is 12.0 Å². The van der Waals surface area contributed by atoms with Crippen LogP contribution in [0.3, 0.4) is 0 Å². The Kier molecular flexibility index (Phi) is 4.56. The standard InChI is InChI=1S/C11H13ClN4O2S2/c1-7(2)5-10-14-15-11(19-10)16-20(17,18)9-6-13-4-3-8(9)12/h3-4,6-7H,5H2,1-2H3,(H,15,16). The molecule has 0 aliphatic heterocycles. The van der Waals surface area contributed by atoms with Gasteiger partial charge in [-0.2, -0.15) is 0 Å². The lowest BCUT2D eigenvalue weighted by molar-refractivity contribution is 0.600. The van der Waals surface area contributed by atoms with Crippen LogP contribution in [-0.4, -0.2) is 23.6 Å². The third kappa shape index (κ3) is 3.65. The second-order valence-electron chi connectivity index (χ2n) is 4.51. The van der Waals surface area contributed by atoms with Gasteiger partial charge in [0, 0.05) is 18.8 Å². The minimum Gasteiger partial charge on any atom is -0.263 e. The number of hydrogen-bond acceptors (Lipinski definition) is 6. The van der Waals surface area contributed by atoms with Gasteiger partial charge in [0.25, 0.3) is 10.0 Å². The molecule has 108 valence electrons. The second-order valence-corrected chi connectivity index (χ2v) is 7.63. The van der Waals surface area contributed by atoms with Crippen LogP contribution in [0.1, 0.15) is 18.9 Å². The Bertz CT molecular complexity index is 700. The summed E-state index contributed by atoms with van der Waals surface area (Å²) in [7, 11) is -3.80. The third-order valence-corrected chi connectivity index (χ3v) is 5.09. The van der Waals surface area contributed by atoms with Gasteiger partial charge in [-0.1, -0.05) is 36.8 Å². The van der Waals surface area contributed by atoms with Crippen LogP contribution in [0, 0.1) is 5.92 Å². The molecule has 20 heavy (non-hydrogen) atoms. The molecule has 0 spiro atoms. The summed E-state index contributed by atoms with van der Waals surface area (Å²) in [6.45, 7) is 4.11. The van der Waals surface area contributed by atoms with E-state index in [0.29, 0.717) is 5.92 Å². The van der Waals surface area contributed by atoms with Crippen LogP contribution in [0.5, 0.6) is 0 Å². The summed E-state index contributed by atoms with van der Waals surface area (Å²) in [4.78, 5) is 3.68. The smallest absolute Gasteiger partial charge is 0.263 e. The van der Waals surface area contributed by atoms with Crippen molar-refractivity contribution in [3.8, 4) is 0 Å². The molecule has 0 saturated carbocycles. The molecule has 2 rings (SSSR count). The molecule has 0 aliphatic carbocycles. The normalized spacial score (nSPS) is 11.8. The van der Waals surface area contributed by atoms with Crippen LogP contribution in [0.4, 0.5) is 5.13 Å². The SMILES string of the molecule is CC(C)Cc1nnc(NS(=O)(=O)c2cnccc2Cl)s1. The first-order valence-corrected chi connectivity index (χ1v) is 8.51. The van der Waals surface area contributed by atoms with E-state index < -0.39 is 10.0 Å². The van der Waals surface area contributed by atoms with Crippen LogP contribution < -0.4 is 4.72 Å². The van der Waals surface area contributed by atoms with E-state index in [1.54, 1.807) is 0 Å². The first kappa shape index (κ1) is 15.1. The van der Waals surface area contributed by atoms with Crippen molar-refractivity contribution >= 4 is 38.1 Å². The van der Waals surface area contributed by atoms with Gasteiger partial charge in [-0.25, -0.2) is 8.42 Å². The van der Waals surface area contributed by atoms with Crippen molar-refractivity contribution in [2.75, 3.05) is 4.72 Å². The van der Waals surface area contributed by atoms with Gasteiger partial charge in [-0.3, -0.25) is 9.71 Å². The van der Waals surface area contributed by atoms with Gasteiger partial charge in [0.1, 0.15) is 9.90 Å². The van der Waals surface area contributed by atoms with Crippen molar-refractivity contribution in [2.45, 2.75) is 25.2 Å². The fraction of sp³-hybridized carbons (Fsp3) is 0.364. The maximum absolute atomic E-state index is 12.2. The zero-order valence-corrected chi connectivity index (χ0v) is 13.3. The quantitative estimate of drug-likeness (QED) is 0.909.